The van der Waals surface area contributed by atoms with Gasteiger partial charge in [-0.25, -0.2) is 0 Å². The number of hydrogen-bond acceptors (Lipinski definition) is 4. The predicted molar refractivity (Wildman–Crippen MR) is 65.8 cm³/mol. The molecular weight excluding hydrogens is 220 g/mol. The van der Waals surface area contributed by atoms with E-state index in [9.17, 15) is 4.79 Å². The van der Waals surface area contributed by atoms with Gasteiger partial charge in [-0.1, -0.05) is 6.92 Å². The van der Waals surface area contributed by atoms with Crippen molar-refractivity contribution in [2.45, 2.75) is 13.3 Å². The molecule has 16 heavy (non-hydrogen) atoms. The van der Waals surface area contributed by atoms with E-state index in [1.807, 2.05) is 13.0 Å². The molecule has 0 amide bonds. The normalized spacial score (nSPS) is 10.3. The summed E-state index contributed by atoms with van der Waals surface area (Å²) in [6.07, 6.45) is 4.10. The second-order valence-electron chi connectivity index (χ2n) is 3.42. The second kappa shape index (κ2) is 4.45. The predicted octanol–water partition coefficient (Wildman–Crippen LogP) is 2.52. The Bertz CT molecular complexity index is 505. The summed E-state index contributed by atoms with van der Waals surface area (Å²) in [5.41, 5.74) is 7.00. The van der Waals surface area contributed by atoms with Crippen LogP contribution in [0.5, 0.6) is 0 Å². The Hall–Kier alpha value is -1.68. The Morgan fingerprint density at radius 2 is 2.38 bits per heavy atom. The van der Waals surface area contributed by atoms with E-state index in [1.165, 1.54) is 11.3 Å². The van der Waals surface area contributed by atoms with Crippen LogP contribution >= 0.6 is 11.3 Å². The maximum atomic E-state index is 12.1. The summed E-state index contributed by atoms with van der Waals surface area (Å²) in [5.74, 6) is -0.0541. The number of rotatable bonds is 3. The van der Waals surface area contributed by atoms with E-state index < -0.39 is 0 Å². The van der Waals surface area contributed by atoms with Gasteiger partial charge in [0.1, 0.15) is 0 Å². The number of nitrogens with two attached hydrogens (primary N) is 1. The number of aromatic nitrogens is 1. The standard InChI is InChI=1S/C12H12N2OS/c1-2-9-6-10(12(13)16-9)11(15)8-4-3-5-14-7-8/h3-7H,2,13H2,1H3. The fourth-order valence-corrected chi connectivity index (χ4v) is 2.33. The zero-order chi connectivity index (χ0) is 11.5. The molecule has 4 heteroatoms. The fourth-order valence-electron chi connectivity index (χ4n) is 1.46. The number of aryl methyl sites for hydroxylation is 1. The van der Waals surface area contributed by atoms with Gasteiger partial charge < -0.3 is 5.73 Å². The number of anilines is 1. The van der Waals surface area contributed by atoms with Crippen molar-refractivity contribution in [3.8, 4) is 0 Å². The third-order valence-electron chi connectivity index (χ3n) is 2.33. The molecule has 0 fully saturated rings. The Morgan fingerprint density at radius 1 is 1.56 bits per heavy atom. The lowest BCUT2D eigenvalue weighted by molar-refractivity contribution is 0.103. The summed E-state index contributed by atoms with van der Waals surface area (Å²) in [6.45, 7) is 2.05. The van der Waals surface area contributed by atoms with Crippen molar-refractivity contribution < 1.29 is 4.79 Å². The molecule has 0 atom stereocenters. The minimum atomic E-state index is -0.0541. The number of carbonyl (C=O) groups is 1. The van der Waals surface area contributed by atoms with Gasteiger partial charge in [-0.05, 0) is 24.6 Å². The van der Waals surface area contributed by atoms with Crippen molar-refractivity contribution in [1.29, 1.82) is 0 Å². The molecule has 2 rings (SSSR count). The highest BCUT2D eigenvalue weighted by molar-refractivity contribution is 7.16. The fraction of sp³-hybridized carbons (Fsp3) is 0.167. The van der Waals surface area contributed by atoms with Crippen LogP contribution in [0.15, 0.2) is 30.6 Å². The maximum Gasteiger partial charge on any atom is 0.197 e. The quantitative estimate of drug-likeness (QED) is 0.827. The number of ketones is 1. The van der Waals surface area contributed by atoms with Gasteiger partial charge in [0.2, 0.25) is 0 Å². The monoisotopic (exact) mass is 232 g/mol. The van der Waals surface area contributed by atoms with E-state index >= 15 is 0 Å². The lowest BCUT2D eigenvalue weighted by Crippen LogP contribution is -2.02. The van der Waals surface area contributed by atoms with Crippen LogP contribution in [0.2, 0.25) is 0 Å². The Kier molecular flexibility index (Phi) is 3.01. The highest BCUT2D eigenvalue weighted by Gasteiger charge is 2.15. The minimum Gasteiger partial charge on any atom is -0.390 e. The topological polar surface area (TPSA) is 56.0 Å². The average molecular weight is 232 g/mol. The van der Waals surface area contributed by atoms with E-state index in [1.54, 1.807) is 24.5 Å². The first-order valence-electron chi connectivity index (χ1n) is 5.05. The van der Waals surface area contributed by atoms with E-state index in [4.69, 9.17) is 5.73 Å². The number of thiophene rings is 1. The molecule has 0 saturated carbocycles. The molecule has 2 aromatic heterocycles. The third-order valence-corrected chi connectivity index (χ3v) is 3.44. The van der Waals surface area contributed by atoms with Gasteiger partial charge >= 0.3 is 0 Å². The van der Waals surface area contributed by atoms with Crippen molar-refractivity contribution in [1.82, 2.24) is 4.98 Å². The molecule has 0 saturated heterocycles. The van der Waals surface area contributed by atoms with Gasteiger partial charge in [0, 0.05) is 22.8 Å². The zero-order valence-electron chi connectivity index (χ0n) is 8.93. The van der Waals surface area contributed by atoms with Crippen LogP contribution < -0.4 is 5.73 Å². The molecular formula is C12H12N2OS. The first-order valence-corrected chi connectivity index (χ1v) is 5.87. The SMILES string of the molecule is CCc1cc(C(=O)c2cccnc2)c(N)s1. The summed E-state index contributed by atoms with van der Waals surface area (Å²) in [4.78, 5) is 17.1. The first kappa shape index (κ1) is 10.8. The van der Waals surface area contributed by atoms with Crippen LogP contribution in [0.4, 0.5) is 5.00 Å². The molecule has 0 aromatic carbocycles. The molecule has 2 aromatic rings. The molecule has 0 bridgehead atoms. The van der Waals surface area contributed by atoms with Gasteiger partial charge in [0.05, 0.1) is 10.6 Å². The number of carbonyl (C=O) groups excluding carboxylic acids is 1. The van der Waals surface area contributed by atoms with E-state index in [0.29, 0.717) is 16.1 Å². The van der Waals surface area contributed by atoms with E-state index in [-0.39, 0.29) is 5.78 Å². The molecule has 0 unspecified atom stereocenters. The summed E-state index contributed by atoms with van der Waals surface area (Å²) in [5, 5.41) is 0.589. The van der Waals surface area contributed by atoms with Crippen molar-refractivity contribution >= 4 is 22.1 Å². The van der Waals surface area contributed by atoms with Gasteiger partial charge in [0.25, 0.3) is 0 Å². The summed E-state index contributed by atoms with van der Waals surface area (Å²) in [7, 11) is 0. The van der Waals surface area contributed by atoms with Crippen molar-refractivity contribution in [3.63, 3.8) is 0 Å². The Labute approximate surface area is 97.9 Å². The molecule has 0 spiro atoms. The summed E-state index contributed by atoms with van der Waals surface area (Å²) in [6, 6.07) is 5.36. The van der Waals surface area contributed by atoms with Crippen molar-refractivity contribution in [2.24, 2.45) is 0 Å². The number of nitrogen functional groups attached to an aromatic ring is 1. The number of nitrogens with zero attached hydrogens (tertiary/aromatic N) is 1. The zero-order valence-corrected chi connectivity index (χ0v) is 9.75. The third kappa shape index (κ3) is 1.97. The average Bonchev–Trinajstić information content (AvgIpc) is 2.71. The molecule has 0 radical (unpaired) electrons. The van der Waals surface area contributed by atoms with Crippen LogP contribution in [-0.2, 0) is 6.42 Å². The van der Waals surface area contributed by atoms with Gasteiger partial charge in [-0.2, -0.15) is 0 Å². The number of pyridine rings is 1. The molecule has 3 nitrogen and oxygen atoms in total. The number of hydrogen-bond donors (Lipinski definition) is 1. The maximum absolute atomic E-state index is 12.1. The smallest absolute Gasteiger partial charge is 0.197 e. The second-order valence-corrected chi connectivity index (χ2v) is 4.58. The van der Waals surface area contributed by atoms with Crippen molar-refractivity contribution in [2.75, 3.05) is 5.73 Å². The molecule has 0 aliphatic carbocycles. The molecule has 0 aliphatic rings. The first-order chi connectivity index (χ1) is 7.72. The Balaban J connectivity index is 2.38. The van der Waals surface area contributed by atoms with Crippen LogP contribution in [0.1, 0.15) is 27.7 Å². The van der Waals surface area contributed by atoms with Gasteiger partial charge in [-0.3, -0.25) is 9.78 Å². The molecule has 82 valence electrons. The van der Waals surface area contributed by atoms with Gasteiger partial charge in [-0.15, -0.1) is 11.3 Å². The van der Waals surface area contributed by atoms with Crippen LogP contribution in [-0.4, -0.2) is 10.8 Å². The van der Waals surface area contributed by atoms with Crippen LogP contribution in [0.25, 0.3) is 0 Å². The Morgan fingerprint density at radius 3 is 2.94 bits per heavy atom. The lowest BCUT2D eigenvalue weighted by Gasteiger charge is -1.98. The summed E-state index contributed by atoms with van der Waals surface area (Å²) >= 11 is 1.47. The summed E-state index contributed by atoms with van der Waals surface area (Å²) < 4.78 is 0. The lowest BCUT2D eigenvalue weighted by atomic mass is 10.1. The molecule has 2 N–H and O–H groups in total. The van der Waals surface area contributed by atoms with Crippen molar-refractivity contribution in [3.05, 3.63) is 46.6 Å². The minimum absolute atomic E-state index is 0.0541. The van der Waals surface area contributed by atoms with E-state index in [0.717, 1.165) is 11.3 Å². The molecule has 2 heterocycles. The molecule has 0 aliphatic heterocycles. The van der Waals surface area contributed by atoms with Crippen LogP contribution in [0, 0.1) is 0 Å². The van der Waals surface area contributed by atoms with Gasteiger partial charge in [0.15, 0.2) is 5.78 Å². The van der Waals surface area contributed by atoms with Crippen LogP contribution in [0.3, 0.4) is 0 Å². The largest absolute Gasteiger partial charge is 0.390 e. The van der Waals surface area contributed by atoms with E-state index in [2.05, 4.69) is 4.98 Å². The highest BCUT2D eigenvalue weighted by Crippen LogP contribution is 2.27. The highest BCUT2D eigenvalue weighted by atomic mass is 32.1.